The van der Waals surface area contributed by atoms with Gasteiger partial charge in [0.2, 0.25) is 0 Å². The molecule has 6 heteroatoms. The maximum atomic E-state index is 5.88. The standard InChI is InChI=1S/C12H19BrN4O/c1-2-17-3-4-18-10(8-17)7-16-12-11(14)5-9(13)6-15-12/h5-6,10H,2-4,7-8,14H2,1H3,(H,15,16). The van der Waals surface area contributed by atoms with E-state index in [0.717, 1.165) is 43.1 Å². The molecule has 1 fully saturated rings. The van der Waals surface area contributed by atoms with E-state index in [1.807, 2.05) is 6.07 Å². The van der Waals surface area contributed by atoms with Crippen molar-refractivity contribution in [1.29, 1.82) is 0 Å². The second-order valence-electron chi connectivity index (χ2n) is 4.36. The van der Waals surface area contributed by atoms with E-state index in [0.29, 0.717) is 5.69 Å². The molecule has 100 valence electrons. The van der Waals surface area contributed by atoms with Gasteiger partial charge in [0.05, 0.1) is 18.4 Å². The summed E-state index contributed by atoms with van der Waals surface area (Å²) in [5.74, 6) is 0.718. The lowest BCUT2D eigenvalue weighted by atomic mass is 10.2. The van der Waals surface area contributed by atoms with Crippen LogP contribution in [0.4, 0.5) is 11.5 Å². The average Bonchev–Trinajstić information content (AvgIpc) is 2.38. The van der Waals surface area contributed by atoms with Crippen LogP contribution in [0.2, 0.25) is 0 Å². The molecule has 0 amide bonds. The smallest absolute Gasteiger partial charge is 0.149 e. The number of nitrogen functional groups attached to an aromatic ring is 1. The van der Waals surface area contributed by atoms with Crippen LogP contribution >= 0.6 is 15.9 Å². The van der Waals surface area contributed by atoms with Crippen molar-refractivity contribution in [3.05, 3.63) is 16.7 Å². The van der Waals surface area contributed by atoms with Gasteiger partial charge in [-0.05, 0) is 28.5 Å². The Morgan fingerprint density at radius 3 is 3.22 bits per heavy atom. The minimum atomic E-state index is 0.198. The maximum Gasteiger partial charge on any atom is 0.149 e. The van der Waals surface area contributed by atoms with Crippen molar-refractivity contribution in [2.45, 2.75) is 13.0 Å². The first kappa shape index (κ1) is 13.6. The van der Waals surface area contributed by atoms with E-state index in [1.54, 1.807) is 6.20 Å². The molecule has 18 heavy (non-hydrogen) atoms. The number of halogens is 1. The molecule has 1 saturated heterocycles. The number of hydrogen-bond donors (Lipinski definition) is 2. The summed E-state index contributed by atoms with van der Waals surface area (Å²) in [4.78, 5) is 6.63. The minimum Gasteiger partial charge on any atom is -0.396 e. The third-order valence-electron chi connectivity index (χ3n) is 3.05. The number of hydrogen-bond acceptors (Lipinski definition) is 5. The van der Waals surface area contributed by atoms with Gasteiger partial charge in [0.15, 0.2) is 0 Å². The third kappa shape index (κ3) is 3.57. The van der Waals surface area contributed by atoms with Crippen LogP contribution in [-0.2, 0) is 4.74 Å². The molecule has 1 aliphatic rings. The lowest BCUT2D eigenvalue weighted by Crippen LogP contribution is -2.45. The van der Waals surface area contributed by atoms with E-state index in [-0.39, 0.29) is 6.10 Å². The number of morpholine rings is 1. The van der Waals surface area contributed by atoms with Crippen molar-refractivity contribution in [3.63, 3.8) is 0 Å². The molecule has 0 radical (unpaired) electrons. The van der Waals surface area contributed by atoms with Crippen LogP contribution in [0.3, 0.4) is 0 Å². The summed E-state index contributed by atoms with van der Waals surface area (Å²) < 4.78 is 6.60. The van der Waals surface area contributed by atoms with Gasteiger partial charge in [-0.25, -0.2) is 4.98 Å². The van der Waals surface area contributed by atoms with Gasteiger partial charge < -0.3 is 15.8 Å². The highest BCUT2D eigenvalue weighted by Gasteiger charge is 2.19. The van der Waals surface area contributed by atoms with E-state index in [2.05, 4.69) is 38.1 Å². The topological polar surface area (TPSA) is 63.4 Å². The first-order valence-corrected chi connectivity index (χ1v) is 6.97. The van der Waals surface area contributed by atoms with Crippen LogP contribution in [0.25, 0.3) is 0 Å². The number of nitrogens with two attached hydrogens (primary N) is 1. The number of rotatable bonds is 4. The number of pyridine rings is 1. The molecule has 1 aromatic rings. The predicted octanol–water partition coefficient (Wildman–Crippen LogP) is 1.56. The molecule has 0 bridgehead atoms. The molecule has 0 spiro atoms. The fourth-order valence-corrected chi connectivity index (χ4v) is 2.35. The van der Waals surface area contributed by atoms with Crippen LogP contribution in [0.5, 0.6) is 0 Å². The number of nitrogens with zero attached hydrogens (tertiary/aromatic N) is 2. The van der Waals surface area contributed by atoms with Crippen molar-refractivity contribution < 1.29 is 4.74 Å². The zero-order valence-electron chi connectivity index (χ0n) is 10.5. The first-order valence-electron chi connectivity index (χ1n) is 6.18. The van der Waals surface area contributed by atoms with Gasteiger partial charge in [0.1, 0.15) is 5.82 Å². The quantitative estimate of drug-likeness (QED) is 0.883. The van der Waals surface area contributed by atoms with E-state index >= 15 is 0 Å². The molecule has 1 aliphatic heterocycles. The van der Waals surface area contributed by atoms with Crippen molar-refractivity contribution >= 4 is 27.4 Å². The van der Waals surface area contributed by atoms with E-state index in [9.17, 15) is 0 Å². The fraction of sp³-hybridized carbons (Fsp3) is 0.583. The molecule has 2 rings (SSSR count). The summed E-state index contributed by atoms with van der Waals surface area (Å²) in [5, 5.41) is 3.25. The molecular weight excluding hydrogens is 296 g/mol. The summed E-state index contributed by atoms with van der Waals surface area (Å²) >= 11 is 3.34. The second-order valence-corrected chi connectivity index (χ2v) is 5.27. The van der Waals surface area contributed by atoms with Crippen molar-refractivity contribution in [2.24, 2.45) is 0 Å². The van der Waals surface area contributed by atoms with Gasteiger partial charge in [-0.15, -0.1) is 0 Å². The van der Waals surface area contributed by atoms with Gasteiger partial charge in [0.25, 0.3) is 0 Å². The average molecular weight is 315 g/mol. The Hall–Kier alpha value is -0.850. The van der Waals surface area contributed by atoms with Gasteiger partial charge >= 0.3 is 0 Å². The zero-order valence-corrected chi connectivity index (χ0v) is 12.1. The van der Waals surface area contributed by atoms with E-state index in [1.165, 1.54) is 0 Å². The Bertz CT molecular complexity index is 402. The van der Waals surface area contributed by atoms with Crippen LogP contribution in [0.15, 0.2) is 16.7 Å². The highest BCUT2D eigenvalue weighted by atomic mass is 79.9. The Morgan fingerprint density at radius 1 is 1.67 bits per heavy atom. The lowest BCUT2D eigenvalue weighted by molar-refractivity contribution is -0.0192. The van der Waals surface area contributed by atoms with Crippen molar-refractivity contribution in [2.75, 3.05) is 43.8 Å². The normalized spacial score (nSPS) is 20.9. The molecule has 5 nitrogen and oxygen atoms in total. The number of likely N-dealkylation sites (N-methyl/N-ethyl adjacent to an activating group) is 1. The van der Waals surface area contributed by atoms with Gasteiger partial charge in [-0.3, -0.25) is 4.90 Å². The second kappa shape index (κ2) is 6.36. The van der Waals surface area contributed by atoms with Crippen LogP contribution in [-0.4, -0.2) is 48.8 Å². The fourth-order valence-electron chi connectivity index (χ4n) is 2.00. The van der Waals surface area contributed by atoms with Crippen LogP contribution in [0.1, 0.15) is 6.92 Å². The summed E-state index contributed by atoms with van der Waals surface area (Å²) in [5.41, 5.74) is 6.53. The first-order chi connectivity index (χ1) is 8.69. The van der Waals surface area contributed by atoms with Gasteiger partial charge in [0, 0.05) is 30.3 Å². The monoisotopic (exact) mass is 314 g/mol. The maximum absolute atomic E-state index is 5.88. The largest absolute Gasteiger partial charge is 0.396 e. The number of ether oxygens (including phenoxy) is 1. The molecule has 0 saturated carbocycles. The molecule has 2 heterocycles. The summed E-state index contributed by atoms with van der Waals surface area (Å²) in [6.45, 7) is 6.74. The lowest BCUT2D eigenvalue weighted by Gasteiger charge is -2.32. The van der Waals surface area contributed by atoms with Crippen molar-refractivity contribution in [1.82, 2.24) is 9.88 Å². The SMILES string of the molecule is CCN1CCOC(CNc2ncc(Br)cc2N)C1. The van der Waals surface area contributed by atoms with Crippen molar-refractivity contribution in [3.8, 4) is 0 Å². The molecule has 1 atom stereocenters. The Labute approximate surface area is 116 Å². The Balaban J connectivity index is 1.87. The zero-order chi connectivity index (χ0) is 13.0. The third-order valence-corrected chi connectivity index (χ3v) is 3.48. The van der Waals surface area contributed by atoms with Crippen LogP contribution < -0.4 is 11.1 Å². The molecular formula is C12H19BrN4O. The number of anilines is 2. The van der Waals surface area contributed by atoms with Gasteiger partial charge in [-0.1, -0.05) is 6.92 Å². The summed E-state index contributed by atoms with van der Waals surface area (Å²) in [7, 11) is 0. The molecule has 3 N–H and O–H groups in total. The molecule has 0 aromatic carbocycles. The minimum absolute atomic E-state index is 0.198. The Morgan fingerprint density at radius 2 is 2.50 bits per heavy atom. The summed E-state index contributed by atoms with van der Waals surface area (Å²) in [6, 6.07) is 1.84. The van der Waals surface area contributed by atoms with E-state index < -0.39 is 0 Å². The molecule has 1 unspecified atom stereocenters. The number of nitrogens with one attached hydrogen (secondary N) is 1. The molecule has 0 aliphatic carbocycles. The van der Waals surface area contributed by atoms with Crippen LogP contribution in [0, 0.1) is 0 Å². The highest BCUT2D eigenvalue weighted by Crippen LogP contribution is 2.20. The predicted molar refractivity (Wildman–Crippen MR) is 76.7 cm³/mol. The van der Waals surface area contributed by atoms with E-state index in [4.69, 9.17) is 10.5 Å². The highest BCUT2D eigenvalue weighted by molar-refractivity contribution is 9.10. The van der Waals surface area contributed by atoms with Gasteiger partial charge in [-0.2, -0.15) is 0 Å². The molecule has 1 aromatic heterocycles. The number of aromatic nitrogens is 1. The Kier molecular flexibility index (Phi) is 4.79. The summed E-state index contributed by atoms with van der Waals surface area (Å²) in [6.07, 6.45) is 1.93.